The number of rotatable bonds is 5. The van der Waals surface area contributed by atoms with E-state index in [1.54, 1.807) is 70.4 Å². The molecule has 0 aliphatic heterocycles. The molecule has 2 aromatic carbocycles. The van der Waals surface area contributed by atoms with Crippen LogP contribution in [-0.2, 0) is 14.3 Å². The number of nitriles is 1. The molecule has 1 atom stereocenters. The molecule has 0 amide bonds. The molecule has 0 radical (unpaired) electrons. The lowest BCUT2D eigenvalue weighted by molar-refractivity contribution is -0.146. The van der Waals surface area contributed by atoms with Crippen molar-refractivity contribution >= 4 is 33.9 Å². The Hall–Kier alpha value is -4.32. The third-order valence-corrected chi connectivity index (χ3v) is 5.68. The first-order chi connectivity index (χ1) is 17.1. The number of ether oxygens (including phenoxy) is 3. The van der Waals surface area contributed by atoms with E-state index in [9.17, 15) is 14.9 Å². The molecule has 1 unspecified atom stereocenters. The molecule has 0 saturated heterocycles. The van der Waals surface area contributed by atoms with Crippen molar-refractivity contribution in [3.8, 4) is 11.8 Å². The molecule has 9 nitrogen and oxygen atoms in total. The number of methoxy groups -OCH3 is 1. The molecule has 0 aliphatic carbocycles. The number of aromatic nitrogens is 3. The van der Waals surface area contributed by atoms with Gasteiger partial charge in [0.15, 0.2) is 6.04 Å². The highest BCUT2D eigenvalue weighted by molar-refractivity contribution is 5.98. The van der Waals surface area contributed by atoms with Crippen molar-refractivity contribution in [2.24, 2.45) is 0 Å². The Morgan fingerprint density at radius 3 is 2.58 bits per heavy atom. The maximum Gasteiger partial charge on any atom is 0.419 e. The number of esters is 1. The van der Waals surface area contributed by atoms with Gasteiger partial charge in [-0.25, -0.2) is 9.59 Å². The Balaban J connectivity index is 1.98. The second kappa shape index (κ2) is 9.38. The average molecular weight is 489 g/mol. The second-order valence-corrected chi connectivity index (χ2v) is 9.39. The smallest absolute Gasteiger partial charge is 0.419 e. The van der Waals surface area contributed by atoms with Crippen LogP contribution in [0, 0.1) is 18.3 Å². The summed E-state index contributed by atoms with van der Waals surface area (Å²) in [6, 6.07) is 9.77. The van der Waals surface area contributed by atoms with Crippen LogP contribution in [0.15, 0.2) is 42.7 Å². The second-order valence-electron chi connectivity index (χ2n) is 9.39. The fraction of sp³-hybridized carbons (Fsp3) is 0.333. The van der Waals surface area contributed by atoms with Crippen molar-refractivity contribution in [1.82, 2.24) is 14.3 Å². The Labute approximate surface area is 208 Å². The minimum atomic E-state index is -1.00. The first kappa shape index (κ1) is 24.8. The summed E-state index contributed by atoms with van der Waals surface area (Å²) in [7, 11) is 1.52. The lowest BCUT2D eigenvalue weighted by atomic mass is 9.98. The van der Waals surface area contributed by atoms with Crippen molar-refractivity contribution in [3.63, 3.8) is 0 Å². The fourth-order valence-electron chi connectivity index (χ4n) is 4.26. The summed E-state index contributed by atoms with van der Waals surface area (Å²) in [5.41, 5.74) is 2.22. The van der Waals surface area contributed by atoms with Gasteiger partial charge in [0.25, 0.3) is 0 Å². The third kappa shape index (κ3) is 4.50. The molecule has 2 heterocycles. The van der Waals surface area contributed by atoms with Gasteiger partial charge in [-0.15, -0.1) is 0 Å². The highest BCUT2D eigenvalue weighted by atomic mass is 16.6. The Kier molecular flexibility index (Phi) is 6.46. The quantitative estimate of drug-likeness (QED) is 0.359. The molecular formula is C27H28N4O5. The van der Waals surface area contributed by atoms with Crippen LogP contribution in [0.4, 0.5) is 4.79 Å². The monoisotopic (exact) mass is 488 g/mol. The van der Waals surface area contributed by atoms with E-state index in [-0.39, 0.29) is 6.61 Å². The summed E-state index contributed by atoms with van der Waals surface area (Å²) < 4.78 is 19.7. The van der Waals surface area contributed by atoms with E-state index in [2.05, 4.69) is 11.2 Å². The zero-order chi connectivity index (χ0) is 26.2. The molecular weight excluding hydrogens is 460 g/mol. The van der Waals surface area contributed by atoms with Gasteiger partial charge in [0, 0.05) is 28.7 Å². The summed E-state index contributed by atoms with van der Waals surface area (Å²) in [4.78, 5) is 26.4. The molecule has 36 heavy (non-hydrogen) atoms. The van der Waals surface area contributed by atoms with Crippen LogP contribution in [0.2, 0.25) is 0 Å². The van der Waals surface area contributed by atoms with Gasteiger partial charge in [0.05, 0.1) is 36.4 Å². The Bertz CT molecular complexity index is 1520. The summed E-state index contributed by atoms with van der Waals surface area (Å²) in [5, 5.41) is 15.3. The normalized spacial score (nSPS) is 12.4. The van der Waals surface area contributed by atoms with E-state index in [0.717, 1.165) is 10.9 Å². The molecule has 4 rings (SSSR count). The number of nitrogens with zero attached hydrogens (tertiary/aromatic N) is 4. The van der Waals surface area contributed by atoms with Crippen LogP contribution in [0.25, 0.3) is 21.8 Å². The first-order valence-electron chi connectivity index (χ1n) is 11.6. The number of carbonyl (C=O) groups is 2. The number of benzene rings is 2. The molecule has 0 bridgehead atoms. The molecule has 0 N–H and O–H groups in total. The topological polar surface area (TPSA) is 108 Å². The maximum absolute atomic E-state index is 13.4. The predicted octanol–water partition coefficient (Wildman–Crippen LogP) is 5.12. The van der Waals surface area contributed by atoms with E-state index in [4.69, 9.17) is 14.2 Å². The minimum Gasteiger partial charge on any atom is -0.496 e. The van der Waals surface area contributed by atoms with Gasteiger partial charge in [-0.1, -0.05) is 0 Å². The van der Waals surface area contributed by atoms with Gasteiger partial charge in [0.2, 0.25) is 0 Å². The highest BCUT2D eigenvalue weighted by Crippen LogP contribution is 2.39. The van der Waals surface area contributed by atoms with E-state index in [0.29, 0.717) is 33.3 Å². The summed E-state index contributed by atoms with van der Waals surface area (Å²) in [6.45, 7) is 9.17. The third-order valence-electron chi connectivity index (χ3n) is 5.68. The Morgan fingerprint density at radius 1 is 1.19 bits per heavy atom. The van der Waals surface area contributed by atoms with Gasteiger partial charge in [-0.3, -0.25) is 9.25 Å². The van der Waals surface area contributed by atoms with Crippen molar-refractivity contribution in [3.05, 3.63) is 59.4 Å². The molecule has 9 heteroatoms. The van der Waals surface area contributed by atoms with Gasteiger partial charge < -0.3 is 14.2 Å². The number of carbonyl (C=O) groups excluding carboxylic acids is 2. The molecule has 0 saturated carbocycles. The van der Waals surface area contributed by atoms with Crippen LogP contribution in [0.5, 0.6) is 5.75 Å². The standard InChI is InChI=1S/C27H28N4O5/c1-7-35-25(32)24(31-15-18-9-8-17(14-28)13-20(18)29-31)22-19-10-11-30(26(33)36-27(3,4)5)23(19)16(2)12-21(22)34-6/h8-13,15,24H,7H2,1-6H3. The largest absolute Gasteiger partial charge is 0.496 e. The van der Waals surface area contributed by atoms with E-state index in [1.165, 1.54) is 16.4 Å². The lowest BCUT2D eigenvalue weighted by Crippen LogP contribution is -2.27. The van der Waals surface area contributed by atoms with Crippen molar-refractivity contribution in [2.75, 3.05) is 13.7 Å². The highest BCUT2D eigenvalue weighted by Gasteiger charge is 2.32. The van der Waals surface area contributed by atoms with Crippen LogP contribution in [0.3, 0.4) is 0 Å². The van der Waals surface area contributed by atoms with Crippen LogP contribution >= 0.6 is 0 Å². The molecule has 0 fully saturated rings. The SMILES string of the molecule is CCOC(=O)C(c1c(OC)cc(C)c2c1ccn2C(=O)OC(C)(C)C)n1cc2ccc(C#N)cc2n1. The number of fused-ring (bicyclic) bond motifs is 2. The Morgan fingerprint density at radius 2 is 1.94 bits per heavy atom. The zero-order valence-electron chi connectivity index (χ0n) is 21.2. The summed E-state index contributed by atoms with van der Waals surface area (Å²) in [5.74, 6) is -0.0726. The van der Waals surface area contributed by atoms with Gasteiger partial charge in [-0.05, 0) is 70.5 Å². The van der Waals surface area contributed by atoms with E-state index < -0.39 is 23.7 Å². The lowest BCUT2D eigenvalue weighted by Gasteiger charge is -2.22. The van der Waals surface area contributed by atoms with Crippen LogP contribution in [0.1, 0.15) is 50.4 Å². The van der Waals surface area contributed by atoms with Crippen molar-refractivity contribution in [2.45, 2.75) is 46.3 Å². The van der Waals surface area contributed by atoms with Gasteiger partial charge in [-0.2, -0.15) is 10.4 Å². The predicted molar refractivity (Wildman–Crippen MR) is 134 cm³/mol. The number of hydrogen-bond donors (Lipinski definition) is 0. The zero-order valence-corrected chi connectivity index (χ0v) is 21.2. The van der Waals surface area contributed by atoms with E-state index in [1.807, 2.05) is 6.92 Å². The fourth-order valence-corrected chi connectivity index (χ4v) is 4.26. The maximum atomic E-state index is 13.4. The molecule has 2 aromatic heterocycles. The summed E-state index contributed by atoms with van der Waals surface area (Å²) in [6.07, 6.45) is 2.82. The molecule has 0 spiro atoms. The summed E-state index contributed by atoms with van der Waals surface area (Å²) >= 11 is 0. The number of hydrogen-bond acceptors (Lipinski definition) is 7. The van der Waals surface area contributed by atoms with Gasteiger partial charge in [0.1, 0.15) is 11.4 Å². The van der Waals surface area contributed by atoms with E-state index >= 15 is 0 Å². The molecule has 0 aliphatic rings. The molecule has 4 aromatic rings. The first-order valence-corrected chi connectivity index (χ1v) is 11.6. The van der Waals surface area contributed by atoms with Crippen molar-refractivity contribution < 1.29 is 23.8 Å². The van der Waals surface area contributed by atoms with Crippen LogP contribution < -0.4 is 4.74 Å². The minimum absolute atomic E-state index is 0.172. The molecule has 186 valence electrons. The number of aryl methyl sites for hydroxylation is 1. The average Bonchev–Trinajstić information content (AvgIpc) is 3.44. The van der Waals surface area contributed by atoms with Crippen LogP contribution in [-0.4, -0.2) is 45.7 Å². The van der Waals surface area contributed by atoms with Gasteiger partial charge >= 0.3 is 12.1 Å². The van der Waals surface area contributed by atoms with Crippen molar-refractivity contribution in [1.29, 1.82) is 5.26 Å².